The van der Waals surface area contributed by atoms with E-state index in [1.165, 1.54) is 0 Å². The van der Waals surface area contributed by atoms with Crippen molar-refractivity contribution in [2.24, 2.45) is 14.1 Å². The van der Waals surface area contributed by atoms with E-state index in [0.717, 1.165) is 5.69 Å². The Kier molecular flexibility index (Phi) is 3.22. The average Bonchev–Trinajstić information content (AvgIpc) is 2.62. The summed E-state index contributed by atoms with van der Waals surface area (Å²) in [4.78, 5) is 12.5. The molecule has 0 spiro atoms. The fourth-order valence-electron chi connectivity index (χ4n) is 2.15. The van der Waals surface area contributed by atoms with Crippen molar-refractivity contribution in [3.05, 3.63) is 33.0 Å². The van der Waals surface area contributed by atoms with Gasteiger partial charge >= 0.3 is 0 Å². The summed E-state index contributed by atoms with van der Waals surface area (Å²) < 4.78 is 3.87. The van der Waals surface area contributed by atoms with Gasteiger partial charge in [-0.15, -0.1) is 0 Å². The zero-order valence-corrected chi connectivity index (χ0v) is 12.6. The number of aromatic nitrogens is 4. The van der Waals surface area contributed by atoms with Gasteiger partial charge in [0.25, 0.3) is 5.56 Å². The number of hydrogen-bond donors (Lipinski definition) is 1. The Morgan fingerprint density at radius 3 is 2.32 bits per heavy atom. The van der Waals surface area contributed by atoms with E-state index in [1.807, 2.05) is 12.1 Å². The lowest BCUT2D eigenvalue weighted by Gasteiger charge is -2.22. The van der Waals surface area contributed by atoms with Crippen LogP contribution in [0.15, 0.2) is 16.9 Å². The summed E-state index contributed by atoms with van der Waals surface area (Å²) >= 11 is 5.07. The molecule has 102 valence electrons. The Labute approximate surface area is 116 Å². The first-order valence-electron chi connectivity index (χ1n) is 6.05. The molecule has 0 unspecified atom stereocenters. The van der Waals surface area contributed by atoms with Gasteiger partial charge in [-0.25, -0.2) is 0 Å². The molecular weight excluding hydrogens is 260 g/mol. The molecule has 2 rings (SSSR count). The van der Waals surface area contributed by atoms with Crippen LogP contribution in [0.5, 0.6) is 0 Å². The SMILES string of the molecule is Cn1c(-c2ccc(C(C)(C)C)n(C)c2=O)n[nH]c1=S. The van der Waals surface area contributed by atoms with Crippen LogP contribution in [0, 0.1) is 4.77 Å². The molecule has 0 fully saturated rings. The number of aromatic amines is 1. The van der Waals surface area contributed by atoms with Gasteiger partial charge in [-0.05, 0) is 24.4 Å². The Morgan fingerprint density at radius 1 is 1.21 bits per heavy atom. The Balaban J connectivity index is 2.70. The van der Waals surface area contributed by atoms with Crippen LogP contribution in [-0.4, -0.2) is 19.3 Å². The molecule has 0 radical (unpaired) electrons. The molecule has 0 amide bonds. The molecule has 2 aromatic heterocycles. The topological polar surface area (TPSA) is 55.6 Å². The maximum atomic E-state index is 12.5. The molecule has 0 atom stereocenters. The van der Waals surface area contributed by atoms with Gasteiger partial charge in [-0.2, -0.15) is 5.10 Å². The fourth-order valence-corrected chi connectivity index (χ4v) is 2.28. The van der Waals surface area contributed by atoms with Gasteiger partial charge in [0, 0.05) is 25.2 Å². The zero-order valence-electron chi connectivity index (χ0n) is 11.8. The highest BCUT2D eigenvalue weighted by Crippen LogP contribution is 2.22. The predicted octanol–water partition coefficient (Wildman–Crippen LogP) is 2.14. The van der Waals surface area contributed by atoms with Crippen LogP contribution < -0.4 is 5.56 Å². The minimum Gasteiger partial charge on any atom is -0.315 e. The highest BCUT2D eigenvalue weighted by Gasteiger charge is 2.20. The van der Waals surface area contributed by atoms with E-state index in [0.29, 0.717) is 16.2 Å². The highest BCUT2D eigenvalue weighted by molar-refractivity contribution is 7.71. The molecule has 6 heteroatoms. The third-order valence-electron chi connectivity index (χ3n) is 3.19. The van der Waals surface area contributed by atoms with Crippen LogP contribution in [0.2, 0.25) is 0 Å². The molecule has 5 nitrogen and oxygen atoms in total. The minimum atomic E-state index is -0.0800. The van der Waals surface area contributed by atoms with E-state index in [-0.39, 0.29) is 11.0 Å². The van der Waals surface area contributed by atoms with E-state index < -0.39 is 0 Å². The number of hydrogen-bond acceptors (Lipinski definition) is 3. The summed E-state index contributed by atoms with van der Waals surface area (Å²) in [6.07, 6.45) is 0. The van der Waals surface area contributed by atoms with Crippen molar-refractivity contribution in [1.29, 1.82) is 0 Å². The van der Waals surface area contributed by atoms with Crippen molar-refractivity contribution in [3.8, 4) is 11.4 Å². The maximum absolute atomic E-state index is 12.5. The summed E-state index contributed by atoms with van der Waals surface area (Å²) in [7, 11) is 3.58. The summed E-state index contributed by atoms with van der Waals surface area (Å²) in [5.74, 6) is 0.561. The predicted molar refractivity (Wildman–Crippen MR) is 77.8 cm³/mol. The fraction of sp³-hybridized carbons (Fsp3) is 0.462. The Bertz CT molecular complexity index is 730. The van der Waals surface area contributed by atoms with Crippen LogP contribution in [0.3, 0.4) is 0 Å². The molecule has 0 aromatic carbocycles. The second-order valence-corrected chi connectivity index (χ2v) is 6.04. The number of rotatable bonds is 1. The first kappa shape index (κ1) is 13.7. The van der Waals surface area contributed by atoms with E-state index in [4.69, 9.17) is 12.2 Å². The summed E-state index contributed by atoms with van der Waals surface area (Å²) in [6.45, 7) is 6.24. The van der Waals surface area contributed by atoms with Gasteiger partial charge in [0.1, 0.15) is 0 Å². The summed E-state index contributed by atoms with van der Waals surface area (Å²) in [6, 6.07) is 3.78. The van der Waals surface area contributed by atoms with E-state index >= 15 is 0 Å². The van der Waals surface area contributed by atoms with Crippen LogP contribution in [-0.2, 0) is 19.5 Å². The van der Waals surface area contributed by atoms with Gasteiger partial charge < -0.3 is 9.13 Å². The van der Waals surface area contributed by atoms with E-state index in [1.54, 1.807) is 23.2 Å². The van der Waals surface area contributed by atoms with Crippen LogP contribution >= 0.6 is 12.2 Å². The lowest BCUT2D eigenvalue weighted by atomic mass is 9.91. The van der Waals surface area contributed by atoms with Crippen molar-refractivity contribution < 1.29 is 0 Å². The van der Waals surface area contributed by atoms with Gasteiger partial charge in [0.2, 0.25) is 0 Å². The number of H-pyrrole nitrogens is 1. The van der Waals surface area contributed by atoms with E-state index in [2.05, 4.69) is 31.0 Å². The third-order valence-corrected chi connectivity index (χ3v) is 3.56. The number of pyridine rings is 1. The number of nitrogens with one attached hydrogen (secondary N) is 1. The van der Waals surface area contributed by atoms with Crippen LogP contribution in [0.4, 0.5) is 0 Å². The molecule has 0 saturated carbocycles. The first-order chi connectivity index (χ1) is 8.73. The molecular formula is C13H18N4OS. The van der Waals surface area contributed by atoms with Crippen molar-refractivity contribution in [3.63, 3.8) is 0 Å². The summed E-state index contributed by atoms with van der Waals surface area (Å²) in [5.41, 5.74) is 1.39. The second-order valence-electron chi connectivity index (χ2n) is 5.66. The largest absolute Gasteiger partial charge is 0.315 e. The molecule has 19 heavy (non-hydrogen) atoms. The molecule has 0 saturated heterocycles. The Hall–Kier alpha value is -1.69. The van der Waals surface area contributed by atoms with Gasteiger partial charge in [-0.3, -0.25) is 9.89 Å². The lowest BCUT2D eigenvalue weighted by molar-refractivity contribution is 0.531. The molecule has 0 aliphatic rings. The third kappa shape index (κ3) is 2.28. The molecule has 0 aliphatic carbocycles. The molecule has 0 bridgehead atoms. The smallest absolute Gasteiger partial charge is 0.261 e. The van der Waals surface area contributed by atoms with Crippen molar-refractivity contribution in [2.45, 2.75) is 26.2 Å². The van der Waals surface area contributed by atoms with Crippen LogP contribution in [0.1, 0.15) is 26.5 Å². The minimum absolute atomic E-state index is 0.0653. The maximum Gasteiger partial charge on any atom is 0.261 e. The molecule has 2 heterocycles. The Morgan fingerprint density at radius 2 is 1.84 bits per heavy atom. The monoisotopic (exact) mass is 278 g/mol. The second kappa shape index (κ2) is 4.45. The molecule has 1 N–H and O–H groups in total. The normalized spacial score (nSPS) is 11.8. The number of nitrogens with zero attached hydrogens (tertiary/aromatic N) is 3. The molecule has 2 aromatic rings. The standard InChI is InChI=1S/C13H18N4OS/c1-13(2,3)9-7-6-8(11(18)16(9)4)10-14-15-12(19)17(10)5/h6-7H,1-5H3,(H,15,19). The molecule has 0 aliphatic heterocycles. The van der Waals surface area contributed by atoms with Crippen molar-refractivity contribution >= 4 is 12.2 Å². The van der Waals surface area contributed by atoms with Crippen molar-refractivity contribution in [2.75, 3.05) is 0 Å². The zero-order chi connectivity index (χ0) is 14.4. The first-order valence-corrected chi connectivity index (χ1v) is 6.46. The van der Waals surface area contributed by atoms with E-state index in [9.17, 15) is 4.79 Å². The highest BCUT2D eigenvalue weighted by atomic mass is 32.1. The summed E-state index contributed by atoms with van der Waals surface area (Å²) in [5, 5.41) is 6.81. The quantitative estimate of drug-likeness (QED) is 0.813. The van der Waals surface area contributed by atoms with Gasteiger partial charge in [0.05, 0.1) is 5.56 Å². The van der Waals surface area contributed by atoms with Crippen LogP contribution in [0.25, 0.3) is 11.4 Å². The van der Waals surface area contributed by atoms with Gasteiger partial charge in [0.15, 0.2) is 10.6 Å². The average molecular weight is 278 g/mol. The van der Waals surface area contributed by atoms with Gasteiger partial charge in [-0.1, -0.05) is 20.8 Å². The lowest BCUT2D eigenvalue weighted by Crippen LogP contribution is -2.28. The van der Waals surface area contributed by atoms with Crippen molar-refractivity contribution in [1.82, 2.24) is 19.3 Å².